The minimum atomic E-state index is -0.790. The molecule has 0 aromatic carbocycles. The van der Waals surface area contributed by atoms with Gasteiger partial charge in [-0.15, -0.1) is 0 Å². The van der Waals surface area contributed by atoms with Crippen LogP contribution < -0.4 is 5.32 Å². The topological polar surface area (TPSA) is 95.9 Å². The molecule has 0 radical (unpaired) electrons. The Morgan fingerprint density at radius 3 is 1.38 bits per heavy atom. The van der Waals surface area contributed by atoms with Gasteiger partial charge in [0.05, 0.1) is 25.2 Å². The van der Waals surface area contributed by atoms with Gasteiger partial charge in [0.1, 0.15) is 6.10 Å². The highest BCUT2D eigenvalue weighted by Crippen LogP contribution is 2.17. The van der Waals surface area contributed by atoms with Crippen molar-refractivity contribution in [1.82, 2.24) is 5.32 Å². The summed E-state index contributed by atoms with van der Waals surface area (Å²) in [6, 6.07) is -0.705. The Labute approximate surface area is 341 Å². The average Bonchev–Trinajstić information content (AvgIpc) is 3.18. The maximum Gasteiger partial charge on any atom is 0.306 e. The molecule has 0 rings (SSSR count). The van der Waals surface area contributed by atoms with Crippen molar-refractivity contribution < 1.29 is 24.5 Å². The molecule has 3 N–H and O–H groups in total. The van der Waals surface area contributed by atoms with E-state index in [9.17, 15) is 19.8 Å². The van der Waals surface area contributed by atoms with Gasteiger partial charge in [-0.25, -0.2) is 0 Å². The van der Waals surface area contributed by atoms with E-state index in [1.807, 2.05) is 6.08 Å². The van der Waals surface area contributed by atoms with Gasteiger partial charge in [-0.1, -0.05) is 218 Å². The number of carbonyl (C=O) groups is 2. The summed E-state index contributed by atoms with van der Waals surface area (Å²) in [5.41, 5.74) is 0. The first-order valence-electron chi connectivity index (χ1n) is 24.1. The summed E-state index contributed by atoms with van der Waals surface area (Å²) in [4.78, 5) is 25.9. The van der Waals surface area contributed by atoms with Crippen LogP contribution in [0.5, 0.6) is 0 Å². The van der Waals surface area contributed by atoms with Gasteiger partial charge in [0.15, 0.2) is 0 Å². The number of amides is 1. The lowest BCUT2D eigenvalue weighted by atomic mass is 10.0. The van der Waals surface area contributed by atoms with E-state index in [0.29, 0.717) is 25.7 Å². The fraction of sp³-hybridized carbons (Fsp3) is 0.878. The number of unbranched alkanes of at least 4 members (excludes halogenated alkanes) is 27. The van der Waals surface area contributed by atoms with Gasteiger partial charge in [-0.3, -0.25) is 9.59 Å². The zero-order chi connectivity index (χ0) is 40.3. The molecule has 3 unspecified atom stereocenters. The van der Waals surface area contributed by atoms with Crippen molar-refractivity contribution in [3.8, 4) is 0 Å². The van der Waals surface area contributed by atoms with Gasteiger partial charge in [0.2, 0.25) is 5.91 Å². The fourth-order valence-corrected chi connectivity index (χ4v) is 7.37. The van der Waals surface area contributed by atoms with Crippen LogP contribution in [0.15, 0.2) is 24.3 Å². The highest BCUT2D eigenvalue weighted by atomic mass is 16.5. The van der Waals surface area contributed by atoms with Crippen molar-refractivity contribution in [2.24, 2.45) is 0 Å². The maximum absolute atomic E-state index is 13.1. The average molecular weight is 776 g/mol. The Hall–Kier alpha value is -1.66. The molecule has 0 heterocycles. The summed E-state index contributed by atoms with van der Waals surface area (Å²) in [5.74, 6) is -0.551. The molecule has 0 aliphatic carbocycles. The van der Waals surface area contributed by atoms with Gasteiger partial charge in [-0.2, -0.15) is 0 Å². The summed E-state index contributed by atoms with van der Waals surface area (Å²) >= 11 is 0. The number of aliphatic hydroxyl groups is 2. The van der Waals surface area contributed by atoms with Crippen LogP contribution in [0.2, 0.25) is 0 Å². The standard InChI is InChI=1S/C49H93NO5/c1-4-7-10-13-16-18-20-22-23-24-26-27-29-32-35-38-41-47(52)46(44-51)50-48(53)43-45(40-37-34-31-15-12-9-6-3)55-49(54)42-39-36-33-30-28-25-21-19-17-14-11-8-5-2/h25,28,33,36,45-47,51-52H,4-24,26-27,29-32,34-35,37-44H2,1-3H3,(H,50,53)/b28-25-,36-33+. The molecule has 6 nitrogen and oxygen atoms in total. The lowest BCUT2D eigenvalue weighted by Crippen LogP contribution is -2.46. The van der Waals surface area contributed by atoms with Gasteiger partial charge >= 0.3 is 5.97 Å². The molecule has 0 aromatic rings. The van der Waals surface area contributed by atoms with Crippen molar-refractivity contribution in [2.45, 2.75) is 270 Å². The maximum atomic E-state index is 13.1. The number of hydrogen-bond donors (Lipinski definition) is 3. The highest BCUT2D eigenvalue weighted by molar-refractivity contribution is 5.77. The van der Waals surface area contributed by atoms with Crippen LogP contribution in [0.3, 0.4) is 0 Å². The third-order valence-electron chi connectivity index (χ3n) is 11.0. The normalized spacial score (nSPS) is 13.5. The predicted molar refractivity (Wildman–Crippen MR) is 236 cm³/mol. The molecule has 3 atom stereocenters. The first-order chi connectivity index (χ1) is 27.0. The van der Waals surface area contributed by atoms with E-state index < -0.39 is 18.2 Å². The number of esters is 1. The number of ether oxygens (including phenoxy) is 1. The molecular weight excluding hydrogens is 683 g/mol. The van der Waals surface area contributed by atoms with Crippen LogP contribution in [-0.4, -0.2) is 46.9 Å². The third kappa shape index (κ3) is 39.0. The molecule has 0 saturated heterocycles. The molecule has 0 fully saturated rings. The first kappa shape index (κ1) is 53.3. The molecule has 324 valence electrons. The second kappa shape index (κ2) is 43.5. The molecule has 0 saturated carbocycles. The summed E-state index contributed by atoms with van der Waals surface area (Å²) < 4.78 is 5.84. The summed E-state index contributed by atoms with van der Waals surface area (Å²) in [7, 11) is 0. The zero-order valence-corrected chi connectivity index (χ0v) is 36.8. The monoisotopic (exact) mass is 776 g/mol. The zero-order valence-electron chi connectivity index (χ0n) is 36.8. The smallest absolute Gasteiger partial charge is 0.306 e. The Morgan fingerprint density at radius 2 is 0.927 bits per heavy atom. The highest BCUT2D eigenvalue weighted by Gasteiger charge is 2.24. The molecular formula is C49H93NO5. The minimum Gasteiger partial charge on any atom is -0.462 e. The van der Waals surface area contributed by atoms with E-state index in [4.69, 9.17) is 4.74 Å². The van der Waals surface area contributed by atoms with Crippen molar-refractivity contribution >= 4 is 11.9 Å². The summed E-state index contributed by atoms with van der Waals surface area (Å²) in [6.07, 6.45) is 48.3. The molecule has 6 heteroatoms. The lowest BCUT2D eigenvalue weighted by molar-refractivity contribution is -0.150. The summed E-state index contributed by atoms with van der Waals surface area (Å²) in [6.45, 7) is 6.43. The molecule has 0 spiro atoms. The third-order valence-corrected chi connectivity index (χ3v) is 11.0. The van der Waals surface area contributed by atoms with E-state index in [-0.39, 0.29) is 24.9 Å². The Morgan fingerprint density at radius 1 is 0.527 bits per heavy atom. The minimum absolute atomic E-state index is 0.0586. The summed E-state index contributed by atoms with van der Waals surface area (Å²) in [5, 5.41) is 23.6. The first-order valence-corrected chi connectivity index (χ1v) is 24.1. The molecule has 0 bridgehead atoms. The van der Waals surface area contributed by atoms with Crippen molar-refractivity contribution in [2.75, 3.05) is 6.61 Å². The second-order valence-electron chi connectivity index (χ2n) is 16.5. The van der Waals surface area contributed by atoms with Gasteiger partial charge in [-0.05, 0) is 44.9 Å². The van der Waals surface area contributed by atoms with Crippen LogP contribution in [0.4, 0.5) is 0 Å². The number of hydrogen-bond acceptors (Lipinski definition) is 5. The van der Waals surface area contributed by atoms with Gasteiger partial charge in [0.25, 0.3) is 0 Å². The fourth-order valence-electron chi connectivity index (χ4n) is 7.37. The van der Waals surface area contributed by atoms with Crippen LogP contribution in [0, 0.1) is 0 Å². The van der Waals surface area contributed by atoms with E-state index in [1.165, 1.54) is 154 Å². The van der Waals surface area contributed by atoms with Crippen LogP contribution in [-0.2, 0) is 14.3 Å². The van der Waals surface area contributed by atoms with Crippen molar-refractivity contribution in [1.29, 1.82) is 0 Å². The molecule has 0 aromatic heterocycles. The Balaban J connectivity index is 4.42. The molecule has 1 amide bonds. The number of nitrogens with one attached hydrogen (secondary N) is 1. The number of carbonyl (C=O) groups excluding carboxylic acids is 2. The van der Waals surface area contributed by atoms with E-state index >= 15 is 0 Å². The SMILES string of the molecule is CCCCCCCC/C=C\C/C=C/CCC(=O)OC(CCCCCCCCC)CC(=O)NC(CO)C(O)CCCCCCCCCCCCCCCCCC. The van der Waals surface area contributed by atoms with Crippen LogP contribution >= 0.6 is 0 Å². The predicted octanol–water partition coefficient (Wildman–Crippen LogP) is 14.0. The van der Waals surface area contributed by atoms with Gasteiger partial charge < -0.3 is 20.3 Å². The largest absolute Gasteiger partial charge is 0.462 e. The van der Waals surface area contributed by atoms with E-state index in [0.717, 1.165) is 44.9 Å². The van der Waals surface area contributed by atoms with Gasteiger partial charge in [0, 0.05) is 6.42 Å². The molecule has 55 heavy (non-hydrogen) atoms. The number of rotatable bonds is 43. The number of aliphatic hydroxyl groups excluding tert-OH is 2. The number of allylic oxidation sites excluding steroid dienone is 4. The van der Waals surface area contributed by atoms with E-state index in [2.05, 4.69) is 44.3 Å². The van der Waals surface area contributed by atoms with Crippen LogP contribution in [0.25, 0.3) is 0 Å². The molecule has 0 aliphatic heterocycles. The van der Waals surface area contributed by atoms with E-state index in [1.54, 1.807) is 0 Å². The second-order valence-corrected chi connectivity index (χ2v) is 16.5. The Bertz CT molecular complexity index is 873. The quantitative estimate of drug-likeness (QED) is 0.0326. The lowest BCUT2D eigenvalue weighted by Gasteiger charge is -2.24. The Kier molecular flexibility index (Phi) is 42.2. The van der Waals surface area contributed by atoms with Crippen molar-refractivity contribution in [3.63, 3.8) is 0 Å². The molecule has 0 aliphatic rings. The van der Waals surface area contributed by atoms with Crippen LogP contribution in [0.1, 0.15) is 252 Å². The van der Waals surface area contributed by atoms with Crippen molar-refractivity contribution in [3.05, 3.63) is 24.3 Å².